The van der Waals surface area contributed by atoms with Gasteiger partial charge in [-0.05, 0) is 37.2 Å². The van der Waals surface area contributed by atoms with E-state index in [1.54, 1.807) is 11.0 Å². The molecule has 3 N–H and O–H groups in total. The van der Waals surface area contributed by atoms with E-state index in [0.29, 0.717) is 36.8 Å². The normalized spacial score (nSPS) is 14.1. The average molecular weight is 462 g/mol. The van der Waals surface area contributed by atoms with E-state index in [0.717, 1.165) is 18.5 Å². The first-order valence-corrected chi connectivity index (χ1v) is 10.9. The Balaban J connectivity index is 0.00000289. The molecule has 2 aromatic heterocycles. The lowest BCUT2D eigenvalue weighted by molar-refractivity contribution is 0.0761. The van der Waals surface area contributed by atoms with Crippen LogP contribution in [0.3, 0.4) is 0 Å². The molecule has 1 amide bonds. The Kier molecular flexibility index (Phi) is 5.96. The van der Waals surface area contributed by atoms with Gasteiger partial charge in [0.05, 0.1) is 17.5 Å². The molecule has 9 nitrogen and oxygen atoms in total. The maximum atomic E-state index is 15.0. The number of rotatable bonds is 4. The van der Waals surface area contributed by atoms with Gasteiger partial charge in [0.2, 0.25) is 5.89 Å². The first-order chi connectivity index (χ1) is 16.6. The second-order valence-corrected chi connectivity index (χ2v) is 7.86. The number of carbonyl (C=O) groups excluding carboxylic acids is 1. The molecule has 1 aliphatic rings. The molecule has 0 unspecified atom stereocenters. The molecule has 0 bridgehead atoms. The van der Waals surface area contributed by atoms with E-state index >= 15 is 0 Å². The molecule has 1 fully saturated rings. The molecule has 10 heteroatoms. The Hall–Kier alpha value is -4.18. The Bertz CT molecular complexity index is 1320. The summed E-state index contributed by atoms with van der Waals surface area (Å²) in [6.45, 7) is 2.67. The molecule has 0 radical (unpaired) electrons. The van der Waals surface area contributed by atoms with E-state index in [4.69, 9.17) is 10.2 Å². The van der Waals surface area contributed by atoms with Crippen LogP contribution in [0.5, 0.6) is 0 Å². The monoisotopic (exact) mass is 461 g/mol. The third-order valence-corrected chi connectivity index (χ3v) is 5.57. The van der Waals surface area contributed by atoms with Crippen LogP contribution in [0.15, 0.2) is 59.1 Å². The van der Waals surface area contributed by atoms with Gasteiger partial charge in [-0.2, -0.15) is 0 Å². The summed E-state index contributed by atoms with van der Waals surface area (Å²) in [6.07, 6.45) is 2.26. The lowest BCUT2D eigenvalue weighted by Crippen LogP contribution is -2.34. The fourth-order valence-corrected chi connectivity index (χ4v) is 3.78. The number of nitrogens with zero attached hydrogens (tertiary/aromatic N) is 5. The molecular weight excluding hydrogens is 437 g/mol. The number of hydrogen-bond donors (Lipinski definition) is 2. The van der Waals surface area contributed by atoms with Gasteiger partial charge < -0.3 is 20.4 Å². The summed E-state index contributed by atoms with van der Waals surface area (Å²) in [5.74, 6) is -0.415. The van der Waals surface area contributed by atoms with E-state index in [2.05, 4.69) is 25.5 Å². The van der Waals surface area contributed by atoms with Gasteiger partial charge in [-0.3, -0.25) is 4.79 Å². The molecule has 3 heterocycles. The maximum Gasteiger partial charge on any atom is 0.270 e. The van der Waals surface area contributed by atoms with Crippen molar-refractivity contribution < 1.29 is 15.0 Å². The molecule has 5 rings (SSSR count). The van der Waals surface area contributed by atoms with Crippen molar-refractivity contribution in [1.29, 1.82) is 0 Å². The van der Waals surface area contributed by atoms with Gasteiger partial charge in [0, 0.05) is 32.2 Å². The highest BCUT2D eigenvalue weighted by Gasteiger charge is 2.22. The molecule has 4 aromatic rings. The number of nitrogens with two attached hydrogens (primary N) is 1. The predicted molar refractivity (Wildman–Crippen MR) is 126 cm³/mol. The van der Waals surface area contributed by atoms with Gasteiger partial charge in [-0.25, -0.2) is 14.4 Å². The highest BCUT2D eigenvalue weighted by Crippen LogP contribution is 2.28. The smallest absolute Gasteiger partial charge is 0.270 e. The zero-order valence-electron chi connectivity index (χ0n) is 18.2. The van der Waals surface area contributed by atoms with Crippen LogP contribution in [0, 0.1) is 5.82 Å². The van der Waals surface area contributed by atoms with Crippen LogP contribution in [0.1, 0.15) is 18.2 Å². The van der Waals surface area contributed by atoms with Crippen molar-refractivity contribution in [1.82, 2.24) is 30.4 Å². The third kappa shape index (κ3) is 4.35. The van der Waals surface area contributed by atoms with Gasteiger partial charge in [0.1, 0.15) is 5.82 Å². The van der Waals surface area contributed by atoms with E-state index < -0.39 is 5.82 Å². The SMILES string of the molecule is Nc1ncc(-c2ccc(C(=O)N3CCCNCC3)c(F)c2)nc1-c1nnc(-c2ccccc2)o1.[HH]. The molecule has 0 saturated carbocycles. The minimum Gasteiger partial charge on any atom is -0.414 e. The van der Waals surface area contributed by atoms with E-state index in [-0.39, 0.29) is 30.3 Å². The van der Waals surface area contributed by atoms with E-state index in [1.807, 2.05) is 30.3 Å². The van der Waals surface area contributed by atoms with Crippen molar-refractivity contribution in [3.8, 4) is 34.3 Å². The Morgan fingerprint density at radius 2 is 1.88 bits per heavy atom. The largest absolute Gasteiger partial charge is 0.414 e. The van der Waals surface area contributed by atoms with Crippen molar-refractivity contribution >= 4 is 11.7 Å². The lowest BCUT2D eigenvalue weighted by atomic mass is 10.1. The number of benzene rings is 2. The van der Waals surface area contributed by atoms with Gasteiger partial charge >= 0.3 is 0 Å². The van der Waals surface area contributed by atoms with E-state index in [9.17, 15) is 9.18 Å². The fourth-order valence-electron chi connectivity index (χ4n) is 3.78. The summed E-state index contributed by atoms with van der Waals surface area (Å²) in [5, 5.41) is 11.3. The number of aromatic nitrogens is 4. The molecule has 1 aliphatic heterocycles. The van der Waals surface area contributed by atoms with Crippen LogP contribution in [0.4, 0.5) is 10.2 Å². The van der Waals surface area contributed by atoms with Crippen LogP contribution in [-0.2, 0) is 0 Å². The van der Waals surface area contributed by atoms with Crippen molar-refractivity contribution in [2.24, 2.45) is 0 Å². The number of halogens is 1. The van der Waals surface area contributed by atoms with Crippen LogP contribution in [0.2, 0.25) is 0 Å². The summed E-state index contributed by atoms with van der Waals surface area (Å²) < 4.78 is 20.7. The Morgan fingerprint density at radius 1 is 1.06 bits per heavy atom. The van der Waals surface area contributed by atoms with E-state index in [1.165, 1.54) is 18.3 Å². The molecule has 34 heavy (non-hydrogen) atoms. The fraction of sp³-hybridized carbons (Fsp3) is 0.208. The van der Waals surface area contributed by atoms with Crippen LogP contribution >= 0.6 is 0 Å². The third-order valence-electron chi connectivity index (χ3n) is 5.57. The summed E-state index contributed by atoms with van der Waals surface area (Å²) in [5.41, 5.74) is 7.80. The summed E-state index contributed by atoms with van der Waals surface area (Å²) in [4.78, 5) is 23.1. The topological polar surface area (TPSA) is 123 Å². The summed E-state index contributed by atoms with van der Waals surface area (Å²) >= 11 is 0. The van der Waals surface area contributed by atoms with Crippen molar-refractivity contribution in [3.63, 3.8) is 0 Å². The lowest BCUT2D eigenvalue weighted by Gasteiger charge is -2.20. The standard InChI is InChI=1S/C24H22FN7O2.H2/c25-18-13-16(7-8-17(18)24(33)32-11-4-9-27-10-12-32)19-14-28-21(26)20(29-19)23-31-30-22(34-23)15-5-2-1-3-6-15;/h1-3,5-8,13-14,27H,4,9-12H2,(H2,26,28);1H. The molecule has 174 valence electrons. The number of nitrogen functional groups attached to an aromatic ring is 1. The number of amides is 1. The first kappa shape index (κ1) is 21.7. The highest BCUT2D eigenvalue weighted by molar-refractivity contribution is 5.95. The molecular formula is C24H24FN7O2. The van der Waals surface area contributed by atoms with Gasteiger partial charge in [0.15, 0.2) is 11.5 Å². The van der Waals surface area contributed by atoms with Gasteiger partial charge in [-0.15, -0.1) is 10.2 Å². The van der Waals surface area contributed by atoms with Gasteiger partial charge in [-0.1, -0.05) is 24.3 Å². The minimum absolute atomic E-state index is 0. The summed E-state index contributed by atoms with van der Waals surface area (Å²) in [6, 6.07) is 13.7. The van der Waals surface area contributed by atoms with Crippen LogP contribution in [0.25, 0.3) is 34.3 Å². The number of hydrogen-bond acceptors (Lipinski definition) is 8. The Morgan fingerprint density at radius 3 is 2.71 bits per heavy atom. The molecule has 0 spiro atoms. The molecule has 1 saturated heterocycles. The average Bonchev–Trinajstić information content (AvgIpc) is 3.19. The number of carbonyl (C=O) groups is 1. The molecule has 2 aromatic carbocycles. The number of nitrogens with one attached hydrogen (secondary N) is 1. The predicted octanol–water partition coefficient (Wildman–Crippen LogP) is 3.26. The van der Waals surface area contributed by atoms with Crippen LogP contribution < -0.4 is 11.1 Å². The minimum atomic E-state index is -0.621. The second kappa shape index (κ2) is 9.36. The highest BCUT2D eigenvalue weighted by atomic mass is 19.1. The van der Waals surface area contributed by atoms with Gasteiger partial charge in [0.25, 0.3) is 11.8 Å². The molecule has 0 atom stereocenters. The number of anilines is 1. The second-order valence-electron chi connectivity index (χ2n) is 7.86. The Labute approximate surface area is 196 Å². The maximum absolute atomic E-state index is 15.0. The van der Waals surface area contributed by atoms with Crippen molar-refractivity contribution in [2.45, 2.75) is 6.42 Å². The zero-order valence-corrected chi connectivity index (χ0v) is 18.2. The zero-order chi connectivity index (χ0) is 23.5. The van der Waals surface area contributed by atoms with Crippen LogP contribution in [-0.4, -0.2) is 57.2 Å². The quantitative estimate of drug-likeness (QED) is 0.475. The van der Waals surface area contributed by atoms with Crippen molar-refractivity contribution in [3.05, 3.63) is 66.1 Å². The summed E-state index contributed by atoms with van der Waals surface area (Å²) in [7, 11) is 0. The first-order valence-electron chi connectivity index (χ1n) is 10.9. The van der Waals surface area contributed by atoms with Crippen molar-refractivity contribution in [2.75, 3.05) is 31.9 Å². The molecule has 0 aliphatic carbocycles.